The molecule has 0 bridgehead atoms. The van der Waals surface area contributed by atoms with Crippen LogP contribution in [0.2, 0.25) is 0 Å². The molecule has 2 N–H and O–H groups in total. The fourth-order valence-corrected chi connectivity index (χ4v) is 6.97. The molecule has 5 aromatic rings. The number of hydrogen-bond acceptors (Lipinski definition) is 4. The number of aliphatic carboxylic acids is 1. The summed E-state index contributed by atoms with van der Waals surface area (Å²) in [6, 6.07) is 28.5. The van der Waals surface area contributed by atoms with Crippen molar-refractivity contribution in [3.8, 4) is 17.0 Å². The number of aromatic amines is 1. The van der Waals surface area contributed by atoms with Gasteiger partial charge in [0.2, 0.25) is 0 Å². The predicted octanol–water partition coefficient (Wildman–Crippen LogP) is 9.52. The lowest BCUT2D eigenvalue weighted by molar-refractivity contribution is -0.144. The Labute approximate surface area is 265 Å². The molecule has 2 heterocycles. The lowest BCUT2D eigenvalue weighted by atomic mass is 9.76. The maximum Gasteiger partial charge on any atom is 0.316 e. The fourth-order valence-electron chi connectivity index (χ4n) is 6.06. The van der Waals surface area contributed by atoms with Gasteiger partial charge in [0.05, 0.1) is 10.7 Å². The van der Waals surface area contributed by atoms with Gasteiger partial charge in [-0.1, -0.05) is 92.9 Å². The van der Waals surface area contributed by atoms with E-state index in [2.05, 4.69) is 62.2 Å². The maximum atomic E-state index is 13.0. The number of carboxylic acids is 1. The van der Waals surface area contributed by atoms with Crippen molar-refractivity contribution in [1.29, 1.82) is 0 Å². The Bertz CT molecular complexity index is 1620. The number of aromatic nitrogens is 2. The van der Waals surface area contributed by atoms with Crippen molar-refractivity contribution in [2.45, 2.75) is 77.2 Å². The summed E-state index contributed by atoms with van der Waals surface area (Å²) < 4.78 is 6.38. The van der Waals surface area contributed by atoms with E-state index in [1.807, 2.05) is 53.9 Å². The molecule has 0 spiro atoms. The van der Waals surface area contributed by atoms with E-state index < -0.39 is 11.4 Å². The normalized spacial score (nSPS) is 12.7. The van der Waals surface area contributed by atoms with Gasteiger partial charge in [0, 0.05) is 29.3 Å². The van der Waals surface area contributed by atoms with E-state index in [9.17, 15) is 9.90 Å². The van der Waals surface area contributed by atoms with Crippen molar-refractivity contribution in [2.75, 3.05) is 0 Å². The van der Waals surface area contributed by atoms with Crippen LogP contribution in [0.25, 0.3) is 11.3 Å². The second kappa shape index (κ2) is 14.5. The first-order valence-electron chi connectivity index (χ1n) is 15.6. The van der Waals surface area contributed by atoms with E-state index in [4.69, 9.17) is 9.72 Å². The Balaban J connectivity index is 1.37. The lowest BCUT2D eigenvalue weighted by Gasteiger charge is -2.28. The largest absolute Gasteiger partial charge is 0.488 e. The number of nitrogens with zero attached hydrogens (tertiary/aromatic N) is 1. The molecule has 0 radical (unpaired) electrons. The molecular weight excluding hydrogens is 564 g/mol. The summed E-state index contributed by atoms with van der Waals surface area (Å²) in [7, 11) is 0. The molecule has 0 fully saturated rings. The zero-order chi connectivity index (χ0) is 30.9. The Morgan fingerprint density at radius 1 is 0.932 bits per heavy atom. The number of H-pyrrole nitrogens is 1. The first kappa shape index (κ1) is 31.3. The van der Waals surface area contributed by atoms with Crippen molar-refractivity contribution < 1.29 is 14.6 Å². The van der Waals surface area contributed by atoms with Gasteiger partial charge >= 0.3 is 5.97 Å². The quantitative estimate of drug-likeness (QED) is 0.124. The minimum absolute atomic E-state index is 0.272. The molecule has 0 saturated carbocycles. The number of rotatable bonds is 15. The number of hydrogen-bond donors (Lipinski definition) is 2. The van der Waals surface area contributed by atoms with Crippen LogP contribution in [0.5, 0.6) is 5.75 Å². The van der Waals surface area contributed by atoms with E-state index >= 15 is 0 Å². The molecule has 5 rings (SSSR count). The lowest BCUT2D eigenvalue weighted by Crippen LogP contribution is -2.40. The molecule has 0 saturated heterocycles. The zero-order valence-corrected chi connectivity index (χ0v) is 26.7. The van der Waals surface area contributed by atoms with E-state index in [0.29, 0.717) is 24.6 Å². The highest BCUT2D eigenvalue weighted by Crippen LogP contribution is 2.37. The van der Waals surface area contributed by atoms with Crippen molar-refractivity contribution >= 4 is 17.3 Å². The zero-order valence-electron chi connectivity index (χ0n) is 25.9. The van der Waals surface area contributed by atoms with Crippen LogP contribution in [-0.4, -0.2) is 21.0 Å². The third kappa shape index (κ3) is 7.31. The number of aryl methyl sites for hydroxylation is 1. The smallest absolute Gasteiger partial charge is 0.316 e. The second-order valence-electron chi connectivity index (χ2n) is 11.7. The standard InChI is InChI=1S/C38H42N2O3S/c1-4-10-30(11-5-2)31-18-16-29(17-19-31)25-43-34-20-15-27(3)22-32(34)33-26-44-36(40-33)24-38(37(41)42,35-14-9-21-39-35)23-28-12-7-6-8-13-28/h6-9,12-22,26,30,39H,4-5,10-11,23-25H2,1-3H3,(H,41,42). The number of carbonyl (C=O) groups is 1. The van der Waals surface area contributed by atoms with Crippen LogP contribution in [0, 0.1) is 6.92 Å². The SMILES string of the molecule is CCCC(CCC)c1ccc(COc2ccc(C)cc2-c2csc(CC(Cc3ccccc3)(C(=O)O)c3ccc[nH]3)n2)cc1. The van der Waals surface area contributed by atoms with Crippen LogP contribution in [0.3, 0.4) is 0 Å². The van der Waals surface area contributed by atoms with E-state index in [-0.39, 0.29) is 6.42 Å². The summed E-state index contributed by atoms with van der Waals surface area (Å²) in [5.41, 5.74) is 5.83. The number of carboxylic acid groups (broad SMARTS) is 1. The summed E-state index contributed by atoms with van der Waals surface area (Å²) in [5.74, 6) is 0.512. The van der Waals surface area contributed by atoms with Gasteiger partial charge in [0.25, 0.3) is 0 Å². The average Bonchev–Trinajstić information content (AvgIpc) is 3.74. The van der Waals surface area contributed by atoms with E-state index in [0.717, 1.165) is 38.7 Å². The van der Waals surface area contributed by atoms with Crippen LogP contribution in [0.4, 0.5) is 0 Å². The monoisotopic (exact) mass is 606 g/mol. The second-order valence-corrected chi connectivity index (χ2v) is 12.7. The first-order valence-corrected chi connectivity index (χ1v) is 16.5. The highest BCUT2D eigenvalue weighted by Gasteiger charge is 2.42. The molecule has 0 aliphatic carbocycles. The molecule has 0 aliphatic heterocycles. The van der Waals surface area contributed by atoms with Crippen molar-refractivity contribution in [2.24, 2.45) is 0 Å². The minimum Gasteiger partial charge on any atom is -0.488 e. The van der Waals surface area contributed by atoms with Gasteiger partial charge in [-0.25, -0.2) is 4.98 Å². The highest BCUT2D eigenvalue weighted by molar-refractivity contribution is 7.10. The van der Waals surface area contributed by atoms with Crippen LogP contribution in [-0.2, 0) is 29.7 Å². The van der Waals surface area contributed by atoms with Gasteiger partial charge in [-0.15, -0.1) is 11.3 Å². The highest BCUT2D eigenvalue weighted by atomic mass is 32.1. The number of ether oxygens (including phenoxy) is 1. The van der Waals surface area contributed by atoms with Gasteiger partial charge in [-0.3, -0.25) is 4.79 Å². The van der Waals surface area contributed by atoms with Crippen LogP contribution >= 0.6 is 11.3 Å². The molecular formula is C38H42N2O3S. The molecule has 0 aliphatic rings. The number of benzene rings is 3. The van der Waals surface area contributed by atoms with Gasteiger partial charge < -0.3 is 14.8 Å². The molecule has 228 valence electrons. The van der Waals surface area contributed by atoms with Gasteiger partial charge in [-0.2, -0.15) is 0 Å². The van der Waals surface area contributed by atoms with Crippen LogP contribution in [0.15, 0.2) is 96.5 Å². The maximum absolute atomic E-state index is 13.0. The first-order chi connectivity index (χ1) is 21.4. The third-order valence-electron chi connectivity index (χ3n) is 8.41. The van der Waals surface area contributed by atoms with Crippen LogP contribution < -0.4 is 4.74 Å². The predicted molar refractivity (Wildman–Crippen MR) is 180 cm³/mol. The van der Waals surface area contributed by atoms with E-state index in [1.165, 1.54) is 42.6 Å². The van der Waals surface area contributed by atoms with Gasteiger partial charge in [0.15, 0.2) is 0 Å². The third-order valence-corrected chi connectivity index (χ3v) is 9.26. The molecule has 5 nitrogen and oxygen atoms in total. The Kier molecular flexibility index (Phi) is 10.3. The molecule has 3 aromatic carbocycles. The van der Waals surface area contributed by atoms with Crippen molar-refractivity contribution in [3.63, 3.8) is 0 Å². The summed E-state index contributed by atoms with van der Waals surface area (Å²) in [6.07, 6.45) is 7.24. The number of thiazole rings is 1. The van der Waals surface area contributed by atoms with Crippen molar-refractivity contribution in [3.05, 3.63) is 129 Å². The molecule has 0 amide bonds. The summed E-state index contributed by atoms with van der Waals surface area (Å²) in [5, 5.41) is 13.4. The van der Waals surface area contributed by atoms with Gasteiger partial charge in [0.1, 0.15) is 17.8 Å². The summed E-state index contributed by atoms with van der Waals surface area (Å²) in [6.45, 7) is 7.03. The minimum atomic E-state index is -1.18. The van der Waals surface area contributed by atoms with E-state index in [1.54, 1.807) is 6.20 Å². The van der Waals surface area contributed by atoms with Crippen molar-refractivity contribution in [1.82, 2.24) is 9.97 Å². The van der Waals surface area contributed by atoms with Gasteiger partial charge in [-0.05, 0) is 73.1 Å². The summed E-state index contributed by atoms with van der Waals surface area (Å²) in [4.78, 5) is 21.2. The molecule has 2 aromatic heterocycles. The Hall–Kier alpha value is -4.16. The Morgan fingerprint density at radius 3 is 2.34 bits per heavy atom. The Morgan fingerprint density at radius 2 is 1.68 bits per heavy atom. The molecule has 1 atom stereocenters. The van der Waals surface area contributed by atoms with Crippen LogP contribution in [0.1, 0.15) is 78.4 Å². The average molecular weight is 607 g/mol. The molecule has 44 heavy (non-hydrogen) atoms. The molecule has 6 heteroatoms. The summed E-state index contributed by atoms with van der Waals surface area (Å²) >= 11 is 1.49. The fraction of sp³-hybridized carbons (Fsp3) is 0.316. The topological polar surface area (TPSA) is 75.2 Å². The number of nitrogens with one attached hydrogen (secondary N) is 1. The molecule has 1 unspecified atom stereocenters.